The minimum absolute atomic E-state index is 0.0758. The van der Waals surface area contributed by atoms with E-state index in [0.717, 1.165) is 16.7 Å². The van der Waals surface area contributed by atoms with Crippen LogP contribution in [0.25, 0.3) is 6.08 Å². The van der Waals surface area contributed by atoms with E-state index in [1.807, 2.05) is 0 Å². The molecule has 2 amide bonds. The predicted molar refractivity (Wildman–Crippen MR) is 104 cm³/mol. The Bertz CT molecular complexity index is 914. The Morgan fingerprint density at radius 2 is 1.56 bits per heavy atom. The maximum atomic E-state index is 12.6. The van der Waals surface area contributed by atoms with Crippen LogP contribution >= 0.6 is 58.2 Å². The molecule has 8 heteroatoms. The summed E-state index contributed by atoms with van der Waals surface area (Å²) in [4.78, 5) is 26.2. The van der Waals surface area contributed by atoms with Crippen molar-refractivity contribution in [2.75, 3.05) is 0 Å². The number of carbonyl (C=O) groups excluding carboxylic acids is 2. The number of thioether (sulfide) groups is 1. The predicted octanol–water partition coefficient (Wildman–Crippen LogP) is 6.54. The summed E-state index contributed by atoms with van der Waals surface area (Å²) in [5.41, 5.74) is 1.25. The van der Waals surface area contributed by atoms with Crippen molar-refractivity contribution in [3.63, 3.8) is 0 Å². The van der Waals surface area contributed by atoms with E-state index >= 15 is 0 Å². The first-order chi connectivity index (χ1) is 11.8. The van der Waals surface area contributed by atoms with Gasteiger partial charge in [0.15, 0.2) is 0 Å². The highest BCUT2D eigenvalue weighted by molar-refractivity contribution is 8.18. The number of halogens is 4. The van der Waals surface area contributed by atoms with Crippen molar-refractivity contribution in [3.05, 3.63) is 72.5 Å². The molecule has 3 rings (SSSR count). The Labute approximate surface area is 168 Å². The second kappa shape index (κ2) is 7.60. The fourth-order valence-electron chi connectivity index (χ4n) is 2.22. The molecule has 1 aliphatic rings. The summed E-state index contributed by atoms with van der Waals surface area (Å²) in [6.07, 6.45) is 1.58. The Balaban J connectivity index is 1.86. The van der Waals surface area contributed by atoms with Crippen molar-refractivity contribution in [1.82, 2.24) is 4.90 Å². The third-order valence-electron chi connectivity index (χ3n) is 3.47. The maximum absolute atomic E-state index is 12.6. The molecule has 0 N–H and O–H groups in total. The second-order valence-corrected chi connectivity index (χ2v) is 7.85. The van der Waals surface area contributed by atoms with E-state index in [4.69, 9.17) is 46.4 Å². The SMILES string of the molecule is O=C1S/C(=C\c2ccc(Cl)cc2Cl)C(=O)N1Cc1ccc(Cl)cc1Cl. The van der Waals surface area contributed by atoms with E-state index in [1.165, 1.54) is 0 Å². The summed E-state index contributed by atoms with van der Waals surface area (Å²) in [6.45, 7) is 0.0758. The molecule has 1 saturated heterocycles. The molecule has 1 heterocycles. The number of hydrogen-bond donors (Lipinski definition) is 0. The zero-order valence-electron chi connectivity index (χ0n) is 12.4. The van der Waals surface area contributed by atoms with Gasteiger partial charge < -0.3 is 0 Å². The van der Waals surface area contributed by atoms with Gasteiger partial charge in [0, 0.05) is 20.1 Å². The highest BCUT2D eigenvalue weighted by Gasteiger charge is 2.35. The zero-order valence-corrected chi connectivity index (χ0v) is 16.3. The fraction of sp³-hybridized carbons (Fsp3) is 0.0588. The quantitative estimate of drug-likeness (QED) is 0.517. The molecule has 0 radical (unpaired) electrons. The van der Waals surface area contributed by atoms with Crippen LogP contribution in [0, 0.1) is 0 Å². The summed E-state index contributed by atoms with van der Waals surface area (Å²) in [5, 5.41) is 1.41. The van der Waals surface area contributed by atoms with Crippen LogP contribution < -0.4 is 0 Å². The first kappa shape index (κ1) is 18.6. The third-order valence-corrected chi connectivity index (χ3v) is 5.52. The van der Waals surface area contributed by atoms with Gasteiger partial charge in [-0.05, 0) is 53.2 Å². The van der Waals surface area contributed by atoms with Crippen molar-refractivity contribution in [1.29, 1.82) is 0 Å². The summed E-state index contributed by atoms with van der Waals surface area (Å²) in [6, 6.07) is 9.85. The van der Waals surface area contributed by atoms with Crippen molar-refractivity contribution >= 4 is 75.4 Å². The number of hydrogen-bond acceptors (Lipinski definition) is 3. The normalized spacial score (nSPS) is 16.2. The number of benzene rings is 2. The van der Waals surface area contributed by atoms with E-state index in [1.54, 1.807) is 42.5 Å². The van der Waals surface area contributed by atoms with Gasteiger partial charge in [0.05, 0.1) is 11.4 Å². The van der Waals surface area contributed by atoms with Gasteiger partial charge >= 0.3 is 0 Å². The lowest BCUT2D eigenvalue weighted by atomic mass is 10.2. The van der Waals surface area contributed by atoms with Gasteiger partial charge in [-0.1, -0.05) is 58.5 Å². The van der Waals surface area contributed by atoms with Gasteiger partial charge in [-0.25, -0.2) is 0 Å². The summed E-state index contributed by atoms with van der Waals surface area (Å²) >= 11 is 24.8. The molecule has 1 fully saturated rings. The maximum Gasteiger partial charge on any atom is 0.293 e. The van der Waals surface area contributed by atoms with E-state index in [2.05, 4.69) is 0 Å². The standard InChI is InChI=1S/C17H9Cl4NO2S/c18-11-3-1-9(13(20)6-11)5-15-16(23)22(17(24)25-15)8-10-2-4-12(19)7-14(10)21/h1-7H,8H2/b15-5-. The van der Waals surface area contributed by atoms with Gasteiger partial charge in [0.2, 0.25) is 0 Å². The van der Waals surface area contributed by atoms with E-state index in [-0.39, 0.29) is 11.8 Å². The number of nitrogens with zero attached hydrogens (tertiary/aromatic N) is 1. The Morgan fingerprint density at radius 3 is 2.20 bits per heavy atom. The Kier molecular flexibility index (Phi) is 5.66. The molecule has 0 atom stereocenters. The highest BCUT2D eigenvalue weighted by atomic mass is 35.5. The number of imide groups is 1. The van der Waals surface area contributed by atoms with Crippen molar-refractivity contribution in [2.45, 2.75) is 6.54 Å². The average molecular weight is 433 g/mol. The molecule has 0 unspecified atom stereocenters. The number of carbonyl (C=O) groups is 2. The molecule has 25 heavy (non-hydrogen) atoms. The summed E-state index contributed by atoms with van der Waals surface area (Å²) in [5.74, 6) is -0.396. The topological polar surface area (TPSA) is 37.4 Å². The Morgan fingerprint density at radius 1 is 0.920 bits per heavy atom. The highest BCUT2D eigenvalue weighted by Crippen LogP contribution is 2.35. The van der Waals surface area contributed by atoms with E-state index < -0.39 is 5.91 Å². The fourth-order valence-corrected chi connectivity index (χ4v) is 3.98. The summed E-state index contributed by atoms with van der Waals surface area (Å²) in [7, 11) is 0. The number of rotatable bonds is 3. The van der Waals surface area contributed by atoms with Crippen LogP contribution in [0.15, 0.2) is 41.3 Å². The minimum atomic E-state index is -0.396. The van der Waals surface area contributed by atoms with Crippen molar-refractivity contribution in [2.24, 2.45) is 0 Å². The van der Waals surface area contributed by atoms with Gasteiger partial charge in [-0.15, -0.1) is 0 Å². The molecule has 0 aliphatic carbocycles. The van der Waals surface area contributed by atoms with Crippen LogP contribution in [0.3, 0.4) is 0 Å². The molecule has 128 valence electrons. The minimum Gasteiger partial charge on any atom is -0.268 e. The van der Waals surface area contributed by atoms with Gasteiger partial charge in [-0.2, -0.15) is 0 Å². The zero-order chi connectivity index (χ0) is 18.1. The average Bonchev–Trinajstić information content (AvgIpc) is 2.80. The third kappa shape index (κ3) is 4.15. The lowest BCUT2D eigenvalue weighted by Crippen LogP contribution is -2.27. The molecule has 0 aromatic heterocycles. The van der Waals surface area contributed by atoms with Crippen LogP contribution in [0.4, 0.5) is 4.79 Å². The second-order valence-electron chi connectivity index (χ2n) is 5.17. The Hall–Kier alpha value is -1.17. The smallest absolute Gasteiger partial charge is 0.268 e. The lowest BCUT2D eigenvalue weighted by Gasteiger charge is -2.13. The van der Waals surface area contributed by atoms with Gasteiger partial charge in [-0.3, -0.25) is 14.5 Å². The van der Waals surface area contributed by atoms with Crippen LogP contribution in [-0.4, -0.2) is 16.0 Å². The molecular weight excluding hydrogens is 424 g/mol. The van der Waals surface area contributed by atoms with Gasteiger partial charge in [0.1, 0.15) is 0 Å². The molecule has 2 aromatic rings. The van der Waals surface area contributed by atoms with Crippen molar-refractivity contribution < 1.29 is 9.59 Å². The van der Waals surface area contributed by atoms with E-state index in [9.17, 15) is 9.59 Å². The molecule has 0 bridgehead atoms. The molecular formula is C17H9Cl4NO2S. The first-order valence-electron chi connectivity index (χ1n) is 6.99. The number of amides is 2. The molecule has 1 aliphatic heterocycles. The molecule has 3 nitrogen and oxygen atoms in total. The molecule has 0 saturated carbocycles. The first-order valence-corrected chi connectivity index (χ1v) is 9.32. The summed E-state index contributed by atoms with van der Waals surface area (Å²) < 4.78 is 0. The van der Waals surface area contributed by atoms with Gasteiger partial charge in [0.25, 0.3) is 11.1 Å². The van der Waals surface area contributed by atoms with Crippen molar-refractivity contribution in [3.8, 4) is 0 Å². The van der Waals surface area contributed by atoms with Crippen LogP contribution in [-0.2, 0) is 11.3 Å². The lowest BCUT2D eigenvalue weighted by molar-refractivity contribution is -0.123. The van der Waals surface area contributed by atoms with Crippen LogP contribution in [0.1, 0.15) is 11.1 Å². The molecule has 2 aromatic carbocycles. The molecule has 0 spiro atoms. The van der Waals surface area contributed by atoms with Crippen LogP contribution in [0.5, 0.6) is 0 Å². The monoisotopic (exact) mass is 431 g/mol. The van der Waals surface area contributed by atoms with E-state index in [0.29, 0.717) is 36.1 Å². The van der Waals surface area contributed by atoms with Crippen LogP contribution in [0.2, 0.25) is 20.1 Å². The largest absolute Gasteiger partial charge is 0.293 e.